The van der Waals surface area contributed by atoms with Gasteiger partial charge in [-0.3, -0.25) is 9.67 Å². The maximum atomic E-state index is 13.7. The second-order valence-corrected chi connectivity index (χ2v) is 7.49. The van der Waals surface area contributed by atoms with E-state index in [1.807, 2.05) is 25.8 Å². The molecule has 31 heavy (non-hydrogen) atoms. The van der Waals surface area contributed by atoms with Gasteiger partial charge in [0.2, 0.25) is 0 Å². The van der Waals surface area contributed by atoms with Crippen LogP contribution in [0.2, 0.25) is 0 Å². The van der Waals surface area contributed by atoms with E-state index in [0.717, 1.165) is 17.0 Å². The maximum absolute atomic E-state index is 13.7. The molecule has 0 spiro atoms. The molecule has 1 saturated heterocycles. The lowest BCUT2D eigenvalue weighted by Gasteiger charge is -2.29. The number of aryl methyl sites for hydroxylation is 2. The van der Waals surface area contributed by atoms with Crippen molar-refractivity contribution in [3.8, 4) is 0 Å². The van der Waals surface area contributed by atoms with E-state index < -0.39 is 11.7 Å². The summed E-state index contributed by atoms with van der Waals surface area (Å²) in [5.41, 5.74) is 3.06. The van der Waals surface area contributed by atoms with Crippen LogP contribution in [0.25, 0.3) is 0 Å². The van der Waals surface area contributed by atoms with E-state index in [4.69, 9.17) is 4.74 Å². The van der Waals surface area contributed by atoms with Gasteiger partial charge >= 0.3 is 6.18 Å². The Morgan fingerprint density at radius 3 is 2.42 bits per heavy atom. The van der Waals surface area contributed by atoms with Gasteiger partial charge in [0, 0.05) is 57.2 Å². The number of hydrogen-bond donors (Lipinski definition) is 2. The summed E-state index contributed by atoms with van der Waals surface area (Å²) in [6.45, 7) is 6.57. The smallest absolute Gasteiger partial charge is 0.378 e. The van der Waals surface area contributed by atoms with E-state index >= 15 is 0 Å². The molecule has 1 aliphatic rings. The van der Waals surface area contributed by atoms with Crippen LogP contribution < -0.4 is 15.5 Å². The van der Waals surface area contributed by atoms with Gasteiger partial charge in [-0.15, -0.1) is 0 Å². The highest BCUT2D eigenvalue weighted by Gasteiger charge is 2.34. The Balaban J connectivity index is 1.70. The number of rotatable bonds is 5. The molecule has 1 aliphatic heterocycles. The van der Waals surface area contributed by atoms with Gasteiger partial charge < -0.3 is 20.3 Å². The minimum absolute atomic E-state index is 0.00289. The van der Waals surface area contributed by atoms with Crippen LogP contribution in [-0.4, -0.2) is 49.1 Å². The molecule has 0 saturated carbocycles. The number of hydrogen-bond acceptors (Lipinski definition) is 4. The summed E-state index contributed by atoms with van der Waals surface area (Å²) in [6.07, 6.45) is -4.44. The molecule has 2 heterocycles. The number of aliphatic imine (C=N–C) groups is 1. The average molecular weight is 438 g/mol. The minimum atomic E-state index is -4.44. The lowest BCUT2D eigenvalue weighted by molar-refractivity contribution is -0.138. The van der Waals surface area contributed by atoms with Gasteiger partial charge in [0.25, 0.3) is 0 Å². The number of aromatic nitrogens is 2. The van der Waals surface area contributed by atoms with Crippen LogP contribution in [0.5, 0.6) is 0 Å². The zero-order chi connectivity index (χ0) is 22.6. The Morgan fingerprint density at radius 1 is 1.16 bits per heavy atom. The number of benzene rings is 1. The zero-order valence-corrected chi connectivity index (χ0v) is 18.3. The Morgan fingerprint density at radius 2 is 1.84 bits per heavy atom. The van der Waals surface area contributed by atoms with Crippen molar-refractivity contribution in [3.63, 3.8) is 0 Å². The summed E-state index contributed by atoms with van der Waals surface area (Å²) in [4.78, 5) is 6.04. The molecule has 3 rings (SSSR count). The Kier molecular flexibility index (Phi) is 7.09. The second kappa shape index (κ2) is 9.59. The van der Waals surface area contributed by atoms with Crippen LogP contribution in [-0.2, 0) is 31.1 Å². The normalized spacial score (nSPS) is 15.3. The molecule has 1 aromatic carbocycles. The molecule has 0 bridgehead atoms. The Bertz CT molecular complexity index is 932. The fourth-order valence-electron chi connectivity index (χ4n) is 3.65. The highest BCUT2D eigenvalue weighted by Crippen LogP contribution is 2.35. The third kappa shape index (κ3) is 5.49. The summed E-state index contributed by atoms with van der Waals surface area (Å²) in [5.74, 6) is 0.424. The van der Waals surface area contributed by atoms with Crippen molar-refractivity contribution in [2.75, 3.05) is 38.3 Å². The van der Waals surface area contributed by atoms with Gasteiger partial charge in [-0.1, -0.05) is 6.07 Å². The van der Waals surface area contributed by atoms with Crippen LogP contribution in [0.3, 0.4) is 0 Å². The summed E-state index contributed by atoms with van der Waals surface area (Å²) < 4.78 is 48.3. The first kappa shape index (κ1) is 22.9. The van der Waals surface area contributed by atoms with Crippen molar-refractivity contribution in [3.05, 3.63) is 46.3 Å². The van der Waals surface area contributed by atoms with Crippen molar-refractivity contribution in [2.45, 2.75) is 33.1 Å². The summed E-state index contributed by atoms with van der Waals surface area (Å²) >= 11 is 0. The minimum Gasteiger partial charge on any atom is -0.378 e. The first-order valence-corrected chi connectivity index (χ1v) is 10.2. The maximum Gasteiger partial charge on any atom is 0.416 e. The van der Waals surface area contributed by atoms with Gasteiger partial charge in [0.05, 0.1) is 24.5 Å². The molecule has 0 unspecified atom stereocenters. The largest absolute Gasteiger partial charge is 0.416 e. The Labute approximate surface area is 180 Å². The number of nitrogens with one attached hydrogen (secondary N) is 2. The van der Waals surface area contributed by atoms with E-state index in [-0.39, 0.29) is 12.1 Å². The van der Waals surface area contributed by atoms with E-state index in [1.165, 1.54) is 12.1 Å². The number of ether oxygens (including phenoxy) is 1. The number of anilines is 1. The van der Waals surface area contributed by atoms with Crippen molar-refractivity contribution < 1.29 is 17.9 Å². The molecule has 1 fully saturated rings. The van der Waals surface area contributed by atoms with Crippen molar-refractivity contribution in [1.29, 1.82) is 0 Å². The molecule has 1 aromatic heterocycles. The molecule has 7 nitrogen and oxygen atoms in total. The molecule has 0 aliphatic carbocycles. The molecule has 10 heteroatoms. The SMILES string of the molecule is CN=C(NCc1ccc(N2CCOCC2)cc1C(F)(F)F)NCc1c(C)nn(C)c1C. The third-order valence-electron chi connectivity index (χ3n) is 5.54. The predicted octanol–water partition coefficient (Wildman–Crippen LogP) is 2.76. The third-order valence-corrected chi connectivity index (χ3v) is 5.54. The molecule has 0 radical (unpaired) electrons. The fourth-order valence-corrected chi connectivity index (χ4v) is 3.65. The summed E-state index contributed by atoms with van der Waals surface area (Å²) in [7, 11) is 3.46. The average Bonchev–Trinajstić information content (AvgIpc) is 2.99. The number of nitrogens with zero attached hydrogens (tertiary/aromatic N) is 4. The standard InChI is InChI=1S/C21H29F3N6O/c1-14-18(15(2)29(4)28-14)13-27-20(25-3)26-12-16-5-6-17(11-19(16)21(22,23)24)30-7-9-31-10-8-30/h5-6,11H,7-10,12-13H2,1-4H3,(H2,25,26,27). The number of alkyl halides is 3. The van der Waals surface area contributed by atoms with Gasteiger partial charge in [0.1, 0.15) is 0 Å². The molecule has 2 N–H and O–H groups in total. The van der Waals surface area contributed by atoms with Crippen molar-refractivity contribution >= 4 is 11.6 Å². The number of morpholine rings is 1. The molecule has 2 aromatic rings. The number of guanidine groups is 1. The first-order chi connectivity index (χ1) is 14.7. The molecule has 0 amide bonds. The van der Waals surface area contributed by atoms with Crippen molar-refractivity contribution in [2.24, 2.45) is 12.0 Å². The number of halogens is 3. The van der Waals surface area contributed by atoms with E-state index in [9.17, 15) is 13.2 Å². The van der Waals surface area contributed by atoms with Gasteiger partial charge in [-0.2, -0.15) is 18.3 Å². The fraction of sp³-hybridized carbons (Fsp3) is 0.524. The second-order valence-electron chi connectivity index (χ2n) is 7.49. The van der Waals surface area contributed by atoms with Crippen LogP contribution in [0, 0.1) is 13.8 Å². The van der Waals surface area contributed by atoms with E-state index in [0.29, 0.717) is 44.5 Å². The molecule has 170 valence electrons. The Hall–Kier alpha value is -2.75. The molecular formula is C21H29F3N6O. The van der Waals surface area contributed by atoms with Crippen molar-refractivity contribution in [1.82, 2.24) is 20.4 Å². The molecule has 0 atom stereocenters. The van der Waals surface area contributed by atoms with Gasteiger partial charge in [0.15, 0.2) is 5.96 Å². The first-order valence-electron chi connectivity index (χ1n) is 10.2. The van der Waals surface area contributed by atoms with E-state index in [1.54, 1.807) is 17.8 Å². The summed E-state index contributed by atoms with van der Waals surface area (Å²) in [5, 5.41) is 10.5. The van der Waals surface area contributed by atoms with Gasteiger partial charge in [-0.25, -0.2) is 0 Å². The van der Waals surface area contributed by atoms with Crippen LogP contribution >= 0.6 is 0 Å². The topological polar surface area (TPSA) is 66.7 Å². The van der Waals surface area contributed by atoms with Crippen LogP contribution in [0.4, 0.5) is 18.9 Å². The molecular weight excluding hydrogens is 409 g/mol. The lowest BCUT2D eigenvalue weighted by Crippen LogP contribution is -2.37. The quantitative estimate of drug-likeness (QED) is 0.555. The van der Waals surface area contributed by atoms with Gasteiger partial charge in [-0.05, 0) is 31.5 Å². The lowest BCUT2D eigenvalue weighted by atomic mass is 10.0. The zero-order valence-electron chi connectivity index (χ0n) is 18.3. The highest BCUT2D eigenvalue weighted by molar-refractivity contribution is 5.79. The predicted molar refractivity (Wildman–Crippen MR) is 114 cm³/mol. The highest BCUT2D eigenvalue weighted by atomic mass is 19.4. The van der Waals surface area contributed by atoms with E-state index in [2.05, 4.69) is 20.7 Å². The summed E-state index contributed by atoms with van der Waals surface area (Å²) in [6, 6.07) is 4.49. The van der Waals surface area contributed by atoms with Crippen LogP contribution in [0.15, 0.2) is 23.2 Å². The van der Waals surface area contributed by atoms with Crippen LogP contribution in [0.1, 0.15) is 28.1 Å². The monoisotopic (exact) mass is 438 g/mol.